The van der Waals surface area contributed by atoms with Gasteiger partial charge in [-0.15, -0.1) is 3.71 Å². The number of nitrogens with one attached hydrogen (secondary N) is 1. The molecule has 2 aromatic rings. The van der Waals surface area contributed by atoms with Crippen molar-refractivity contribution in [2.45, 2.75) is 0 Å². The second-order valence-electron chi connectivity index (χ2n) is 5.26. The van der Waals surface area contributed by atoms with Crippen LogP contribution in [0.15, 0.2) is 48.5 Å². The summed E-state index contributed by atoms with van der Waals surface area (Å²) >= 11 is 0. The molecule has 13 heteroatoms. The van der Waals surface area contributed by atoms with Crippen LogP contribution in [0.1, 0.15) is 0 Å². The Labute approximate surface area is 162 Å². The Hall–Kier alpha value is -2.74. The standard InChI is InChI=1S/C13H12N2O8S2.C2H7N/c1-24(18,19)15(25(20,21)22)12-8-7-10(14(16)17)9-13(12)23-11-5-3-2-4-6-11;1-3-2/h2-9H,1H3,(H,20,21,22);3H,1-2H3. The minimum atomic E-state index is -5.23. The van der Waals surface area contributed by atoms with Crippen LogP contribution in [0.5, 0.6) is 11.5 Å². The minimum Gasteiger partial charge on any atom is -0.455 e. The van der Waals surface area contributed by atoms with Gasteiger partial charge in [0, 0.05) is 6.07 Å². The molecule has 11 nitrogen and oxygen atoms in total. The van der Waals surface area contributed by atoms with Gasteiger partial charge < -0.3 is 10.1 Å². The van der Waals surface area contributed by atoms with Gasteiger partial charge in [-0.05, 0) is 32.3 Å². The van der Waals surface area contributed by atoms with E-state index in [2.05, 4.69) is 5.32 Å². The maximum absolute atomic E-state index is 11.8. The number of rotatable bonds is 6. The number of non-ortho nitro benzene ring substituents is 1. The Morgan fingerprint density at radius 2 is 1.61 bits per heavy atom. The van der Waals surface area contributed by atoms with Gasteiger partial charge in [0.1, 0.15) is 11.4 Å². The first-order valence-electron chi connectivity index (χ1n) is 7.49. The average molecular weight is 433 g/mol. The molecule has 0 aliphatic carbocycles. The lowest BCUT2D eigenvalue weighted by molar-refractivity contribution is -0.384. The third-order valence-electron chi connectivity index (χ3n) is 2.83. The molecule has 0 radical (unpaired) electrons. The molecule has 154 valence electrons. The van der Waals surface area contributed by atoms with Crippen molar-refractivity contribution >= 4 is 31.7 Å². The van der Waals surface area contributed by atoms with Crippen molar-refractivity contribution in [2.24, 2.45) is 0 Å². The lowest BCUT2D eigenvalue weighted by Gasteiger charge is -2.20. The molecule has 0 saturated carbocycles. The van der Waals surface area contributed by atoms with Crippen LogP contribution in [0, 0.1) is 10.1 Å². The first-order valence-corrected chi connectivity index (χ1v) is 10.7. The Morgan fingerprint density at radius 3 is 2.04 bits per heavy atom. The fourth-order valence-corrected chi connectivity index (χ4v) is 4.21. The minimum absolute atomic E-state index is 0.174. The average Bonchev–Trinajstić information content (AvgIpc) is 2.55. The number of anilines is 1. The number of nitro groups is 1. The molecule has 0 aliphatic heterocycles. The number of hydrogen-bond donors (Lipinski definition) is 2. The van der Waals surface area contributed by atoms with E-state index in [-0.39, 0.29) is 9.46 Å². The number of para-hydroxylation sites is 1. The summed E-state index contributed by atoms with van der Waals surface area (Å²) < 4.78 is 61.0. The third kappa shape index (κ3) is 6.45. The Morgan fingerprint density at radius 1 is 1.07 bits per heavy atom. The molecular formula is C15H19N3O8S2. The molecule has 0 unspecified atom stereocenters. The zero-order chi connectivity index (χ0) is 21.5. The SMILES string of the molecule is CNC.CS(=O)(=O)N(c1ccc([N+](=O)[O-])cc1Oc1ccccc1)S(=O)(=O)O. The van der Waals surface area contributed by atoms with Gasteiger partial charge in [0.25, 0.3) is 5.69 Å². The van der Waals surface area contributed by atoms with Crippen molar-refractivity contribution in [2.75, 3.05) is 24.1 Å². The highest BCUT2D eigenvalue weighted by molar-refractivity contribution is 8.07. The zero-order valence-electron chi connectivity index (χ0n) is 15.1. The van der Waals surface area contributed by atoms with Crippen LogP contribution >= 0.6 is 0 Å². The van der Waals surface area contributed by atoms with E-state index in [9.17, 15) is 31.5 Å². The molecule has 0 aliphatic rings. The summed E-state index contributed by atoms with van der Waals surface area (Å²) in [6.07, 6.45) is 0.550. The van der Waals surface area contributed by atoms with E-state index in [1.54, 1.807) is 18.2 Å². The van der Waals surface area contributed by atoms with Gasteiger partial charge in [-0.25, -0.2) is 8.42 Å². The smallest absolute Gasteiger partial charge is 0.373 e. The number of ether oxygens (including phenoxy) is 1. The predicted molar refractivity (Wildman–Crippen MR) is 103 cm³/mol. The molecule has 0 bridgehead atoms. The van der Waals surface area contributed by atoms with E-state index in [1.807, 2.05) is 14.1 Å². The van der Waals surface area contributed by atoms with E-state index in [4.69, 9.17) is 4.74 Å². The molecule has 2 rings (SSSR count). The van der Waals surface area contributed by atoms with E-state index in [1.165, 1.54) is 12.1 Å². The molecular weight excluding hydrogens is 414 g/mol. The maximum Gasteiger partial charge on any atom is 0.373 e. The molecule has 0 atom stereocenters. The lowest BCUT2D eigenvalue weighted by atomic mass is 10.2. The molecule has 0 heterocycles. The Kier molecular flexibility index (Phi) is 7.87. The summed E-state index contributed by atoms with van der Waals surface area (Å²) in [4.78, 5) is 10.2. The van der Waals surface area contributed by atoms with Crippen LogP contribution in [-0.4, -0.2) is 46.7 Å². The molecule has 2 aromatic carbocycles. The van der Waals surface area contributed by atoms with Crippen LogP contribution in [-0.2, 0) is 20.3 Å². The summed E-state index contributed by atoms with van der Waals surface area (Å²) in [5.74, 6) is -0.267. The summed E-state index contributed by atoms with van der Waals surface area (Å²) in [6, 6.07) is 10.4. The van der Waals surface area contributed by atoms with Gasteiger partial charge >= 0.3 is 10.3 Å². The predicted octanol–water partition coefficient (Wildman–Crippen LogP) is 1.79. The van der Waals surface area contributed by atoms with Gasteiger partial charge in [0.2, 0.25) is 10.0 Å². The lowest BCUT2D eigenvalue weighted by Crippen LogP contribution is -2.35. The van der Waals surface area contributed by atoms with Crippen LogP contribution in [0.3, 0.4) is 0 Å². The van der Waals surface area contributed by atoms with E-state index in [0.717, 1.165) is 18.2 Å². The second-order valence-corrected chi connectivity index (χ2v) is 8.59. The van der Waals surface area contributed by atoms with Gasteiger partial charge in [-0.1, -0.05) is 18.2 Å². The van der Waals surface area contributed by atoms with Gasteiger partial charge in [-0.2, -0.15) is 8.42 Å². The molecule has 0 aromatic heterocycles. The quantitative estimate of drug-likeness (QED) is 0.394. The summed E-state index contributed by atoms with van der Waals surface area (Å²) in [6.45, 7) is 0. The summed E-state index contributed by atoms with van der Waals surface area (Å²) in [5, 5.41) is 13.7. The number of hydrogen-bond acceptors (Lipinski definition) is 8. The third-order valence-corrected chi connectivity index (χ3v) is 5.63. The first kappa shape index (κ1) is 23.3. The van der Waals surface area contributed by atoms with Gasteiger partial charge in [0.15, 0.2) is 5.75 Å². The highest BCUT2D eigenvalue weighted by atomic mass is 32.3. The molecule has 28 heavy (non-hydrogen) atoms. The fraction of sp³-hybridized carbons (Fsp3) is 0.200. The number of benzene rings is 2. The molecule has 0 spiro atoms. The Bertz CT molecular complexity index is 993. The first-order chi connectivity index (χ1) is 12.9. The largest absolute Gasteiger partial charge is 0.455 e. The van der Waals surface area contributed by atoms with Crippen molar-refractivity contribution in [3.8, 4) is 11.5 Å². The van der Waals surface area contributed by atoms with Crippen LogP contribution < -0.4 is 13.8 Å². The second kappa shape index (κ2) is 9.45. The van der Waals surface area contributed by atoms with Crippen molar-refractivity contribution in [1.29, 1.82) is 0 Å². The zero-order valence-corrected chi connectivity index (χ0v) is 16.8. The molecule has 0 fully saturated rings. The fourth-order valence-electron chi connectivity index (χ4n) is 1.94. The highest BCUT2D eigenvalue weighted by Crippen LogP contribution is 2.37. The molecule has 2 N–H and O–H groups in total. The number of nitro benzene ring substituents is 1. The van der Waals surface area contributed by atoms with Gasteiger partial charge in [-0.3, -0.25) is 14.7 Å². The van der Waals surface area contributed by atoms with Crippen LogP contribution in [0.4, 0.5) is 11.4 Å². The molecule has 0 saturated heterocycles. The molecule has 0 amide bonds. The van der Waals surface area contributed by atoms with Crippen molar-refractivity contribution in [3.05, 3.63) is 58.6 Å². The van der Waals surface area contributed by atoms with Crippen molar-refractivity contribution in [1.82, 2.24) is 5.32 Å². The maximum atomic E-state index is 11.8. The summed E-state index contributed by atoms with van der Waals surface area (Å²) in [7, 11) is -5.96. The van der Waals surface area contributed by atoms with Crippen molar-refractivity contribution < 1.29 is 31.0 Å². The summed E-state index contributed by atoms with van der Waals surface area (Å²) in [5.41, 5.74) is -1.06. The van der Waals surface area contributed by atoms with E-state index >= 15 is 0 Å². The Balaban J connectivity index is 0.00000122. The number of sulfonamides is 1. The van der Waals surface area contributed by atoms with Gasteiger partial charge in [0.05, 0.1) is 17.2 Å². The number of nitrogens with zero attached hydrogens (tertiary/aromatic N) is 2. The normalized spacial score (nSPS) is 11.1. The van der Waals surface area contributed by atoms with Crippen LogP contribution in [0.2, 0.25) is 0 Å². The monoisotopic (exact) mass is 433 g/mol. The van der Waals surface area contributed by atoms with Crippen molar-refractivity contribution in [3.63, 3.8) is 0 Å². The van der Waals surface area contributed by atoms with Crippen LogP contribution in [0.25, 0.3) is 0 Å². The van der Waals surface area contributed by atoms with E-state index in [0.29, 0.717) is 6.26 Å². The highest BCUT2D eigenvalue weighted by Gasteiger charge is 2.33. The topological polar surface area (TPSA) is 156 Å². The van der Waals surface area contributed by atoms with E-state index < -0.39 is 42.4 Å².